The van der Waals surface area contributed by atoms with Gasteiger partial charge in [0.05, 0.1) is 6.04 Å². The van der Waals surface area contributed by atoms with Crippen molar-refractivity contribution in [3.05, 3.63) is 101 Å². The molecule has 2 aliphatic heterocycles. The van der Waals surface area contributed by atoms with Gasteiger partial charge in [-0.1, -0.05) is 54.6 Å². The molecule has 0 radical (unpaired) electrons. The van der Waals surface area contributed by atoms with Crippen LogP contribution in [-0.2, 0) is 11.3 Å². The number of aliphatic carboxylic acids is 1. The molecule has 8 nitrogen and oxygen atoms in total. The van der Waals surface area contributed by atoms with Gasteiger partial charge in [-0.3, -0.25) is 24.3 Å². The maximum atomic E-state index is 13.7. The van der Waals surface area contributed by atoms with Gasteiger partial charge in [-0.25, -0.2) is 0 Å². The smallest absolute Gasteiger partial charge is 0.303 e. The Morgan fingerprint density at radius 2 is 1.53 bits per heavy atom. The molecule has 0 spiro atoms. The van der Waals surface area contributed by atoms with E-state index in [9.17, 15) is 14.7 Å². The summed E-state index contributed by atoms with van der Waals surface area (Å²) >= 11 is 0. The van der Waals surface area contributed by atoms with E-state index in [-0.39, 0.29) is 30.2 Å². The predicted molar refractivity (Wildman–Crippen MR) is 168 cm³/mol. The highest BCUT2D eigenvalue weighted by atomic mass is 16.4. The molecule has 0 unspecified atom stereocenters. The second kappa shape index (κ2) is 14.2. The van der Waals surface area contributed by atoms with Gasteiger partial charge in [0.15, 0.2) is 0 Å². The summed E-state index contributed by atoms with van der Waals surface area (Å²) in [6, 6.07) is 26.6. The summed E-state index contributed by atoms with van der Waals surface area (Å²) in [4.78, 5) is 33.7. The Morgan fingerprint density at radius 3 is 2.23 bits per heavy atom. The number of hydrogen-bond acceptors (Lipinski definition) is 6. The van der Waals surface area contributed by atoms with Gasteiger partial charge in [0.25, 0.3) is 5.91 Å². The number of carboxylic acid groups (broad SMARTS) is 1. The van der Waals surface area contributed by atoms with Gasteiger partial charge in [-0.2, -0.15) is 0 Å². The van der Waals surface area contributed by atoms with E-state index in [1.165, 1.54) is 5.56 Å². The van der Waals surface area contributed by atoms with E-state index in [1.807, 2.05) is 35.2 Å². The molecule has 1 amide bonds. The fourth-order valence-corrected chi connectivity index (χ4v) is 6.55. The second-order valence-electron chi connectivity index (χ2n) is 12.1. The van der Waals surface area contributed by atoms with E-state index in [0.717, 1.165) is 50.4 Å². The standard InChI is InChI=1S/C35H44N4O4/c1-26-24-39(27(2)23-38(26)25-28-9-4-3-5-10-28)34(30-12-7-14-32(40)22-30)29-11-6-13-31(21-29)35(43)37-19-17-36(18-20-37)16-8-15-33(41)42/h3-7,9-14,21-22,26-27,34,40H,8,15-20,23-25H2,1-2H3,(H,41,42)/t26-,27+,34-/m1/s1. The van der Waals surface area contributed by atoms with Crippen LogP contribution in [0.25, 0.3) is 0 Å². The minimum Gasteiger partial charge on any atom is -0.508 e. The molecular weight excluding hydrogens is 540 g/mol. The summed E-state index contributed by atoms with van der Waals surface area (Å²) in [7, 11) is 0. The molecule has 0 aliphatic carbocycles. The lowest BCUT2D eigenvalue weighted by molar-refractivity contribution is -0.137. The molecule has 2 aliphatic rings. The molecule has 2 N–H and O–H groups in total. The summed E-state index contributed by atoms with van der Waals surface area (Å²) < 4.78 is 0. The summed E-state index contributed by atoms with van der Waals surface area (Å²) in [6.45, 7) is 10.7. The average Bonchev–Trinajstić information content (AvgIpc) is 3.00. The molecule has 228 valence electrons. The highest BCUT2D eigenvalue weighted by molar-refractivity contribution is 5.94. The molecule has 3 aromatic rings. The van der Waals surface area contributed by atoms with Crippen LogP contribution in [0.15, 0.2) is 78.9 Å². The van der Waals surface area contributed by atoms with Crippen molar-refractivity contribution in [2.24, 2.45) is 0 Å². The number of hydrogen-bond donors (Lipinski definition) is 2. The number of phenols is 1. The lowest BCUT2D eigenvalue weighted by Gasteiger charge is -2.47. The van der Waals surface area contributed by atoms with E-state index >= 15 is 0 Å². The maximum absolute atomic E-state index is 13.7. The van der Waals surface area contributed by atoms with Crippen molar-refractivity contribution in [3.63, 3.8) is 0 Å². The number of nitrogens with zero attached hydrogens (tertiary/aromatic N) is 4. The topological polar surface area (TPSA) is 87.6 Å². The monoisotopic (exact) mass is 584 g/mol. The molecule has 8 heteroatoms. The van der Waals surface area contributed by atoms with Gasteiger partial charge in [0.2, 0.25) is 0 Å². The lowest BCUT2D eigenvalue weighted by Crippen LogP contribution is -2.56. The van der Waals surface area contributed by atoms with E-state index < -0.39 is 5.97 Å². The average molecular weight is 585 g/mol. The molecule has 2 saturated heterocycles. The van der Waals surface area contributed by atoms with Gasteiger partial charge in [0.1, 0.15) is 5.75 Å². The van der Waals surface area contributed by atoms with Crippen LogP contribution in [0.4, 0.5) is 0 Å². The van der Waals surface area contributed by atoms with Crippen LogP contribution in [0.1, 0.15) is 59.8 Å². The summed E-state index contributed by atoms with van der Waals surface area (Å²) in [5, 5.41) is 19.3. The van der Waals surface area contributed by atoms with Crippen LogP contribution in [0.3, 0.4) is 0 Å². The summed E-state index contributed by atoms with van der Waals surface area (Å²) in [5.41, 5.74) is 4.03. The molecule has 3 atom stereocenters. The Morgan fingerprint density at radius 1 is 0.837 bits per heavy atom. The van der Waals surface area contributed by atoms with Crippen molar-refractivity contribution in [2.45, 2.75) is 51.4 Å². The fraction of sp³-hybridized carbons (Fsp3) is 0.429. The Kier molecular flexibility index (Phi) is 10.1. The Balaban J connectivity index is 1.33. The van der Waals surface area contributed by atoms with E-state index in [0.29, 0.717) is 31.1 Å². The summed E-state index contributed by atoms with van der Waals surface area (Å²) in [5.74, 6) is -0.509. The van der Waals surface area contributed by atoms with Crippen molar-refractivity contribution in [3.8, 4) is 5.75 Å². The number of carbonyl (C=O) groups excluding carboxylic acids is 1. The molecule has 43 heavy (non-hydrogen) atoms. The Bertz CT molecular complexity index is 1380. The molecule has 3 aromatic carbocycles. The van der Waals surface area contributed by atoms with Gasteiger partial charge < -0.3 is 15.1 Å². The van der Waals surface area contributed by atoms with Gasteiger partial charge in [-0.05, 0) is 67.8 Å². The zero-order chi connectivity index (χ0) is 30.3. The molecule has 0 aromatic heterocycles. The fourth-order valence-electron chi connectivity index (χ4n) is 6.55. The van der Waals surface area contributed by atoms with Gasteiger partial charge >= 0.3 is 5.97 Å². The largest absolute Gasteiger partial charge is 0.508 e. The molecule has 0 saturated carbocycles. The lowest BCUT2D eigenvalue weighted by atomic mass is 9.92. The third-order valence-electron chi connectivity index (χ3n) is 8.88. The van der Waals surface area contributed by atoms with Crippen molar-refractivity contribution in [1.82, 2.24) is 19.6 Å². The van der Waals surface area contributed by atoms with Crippen LogP contribution >= 0.6 is 0 Å². The normalized spacial score (nSPS) is 21.0. The number of rotatable bonds is 10. The number of piperazine rings is 2. The van der Waals surface area contributed by atoms with Crippen LogP contribution in [-0.4, -0.2) is 99.6 Å². The minimum atomic E-state index is -0.768. The number of amides is 1. The first-order chi connectivity index (χ1) is 20.8. The first-order valence-corrected chi connectivity index (χ1v) is 15.4. The van der Waals surface area contributed by atoms with Crippen molar-refractivity contribution in [2.75, 3.05) is 45.8 Å². The first kappa shape index (κ1) is 30.7. The SMILES string of the molecule is C[C@@H]1CN([C@@H](c2cccc(O)c2)c2cccc(C(=O)N3CCN(CCCC(=O)O)CC3)c2)[C@@H](C)CN1Cc1ccccc1. The number of phenolic OH excluding ortho intramolecular Hbond substituents is 1. The van der Waals surface area contributed by atoms with Gasteiger partial charge in [0, 0.05) is 69.9 Å². The highest BCUT2D eigenvalue weighted by Crippen LogP contribution is 2.35. The molecule has 2 heterocycles. The number of carboxylic acids is 1. The van der Waals surface area contributed by atoms with Crippen LogP contribution in [0.2, 0.25) is 0 Å². The second-order valence-corrected chi connectivity index (χ2v) is 12.1. The maximum Gasteiger partial charge on any atom is 0.303 e. The number of aromatic hydroxyl groups is 1. The van der Waals surface area contributed by atoms with Gasteiger partial charge in [-0.15, -0.1) is 0 Å². The zero-order valence-electron chi connectivity index (χ0n) is 25.3. The van der Waals surface area contributed by atoms with Crippen molar-refractivity contribution in [1.29, 1.82) is 0 Å². The van der Waals surface area contributed by atoms with E-state index in [1.54, 1.807) is 6.07 Å². The molecule has 2 fully saturated rings. The molecule has 0 bridgehead atoms. The van der Waals surface area contributed by atoms with Crippen LogP contribution in [0.5, 0.6) is 5.75 Å². The van der Waals surface area contributed by atoms with E-state index in [2.05, 4.69) is 71.0 Å². The molecular formula is C35H44N4O4. The van der Waals surface area contributed by atoms with Crippen LogP contribution in [0, 0.1) is 0 Å². The first-order valence-electron chi connectivity index (χ1n) is 15.4. The minimum absolute atomic E-state index is 0.0239. The Hall–Kier alpha value is -3.72. The zero-order valence-corrected chi connectivity index (χ0v) is 25.3. The quantitative estimate of drug-likeness (QED) is 0.357. The summed E-state index contributed by atoms with van der Waals surface area (Å²) in [6.07, 6.45) is 0.797. The van der Waals surface area contributed by atoms with Crippen molar-refractivity contribution < 1.29 is 19.8 Å². The highest BCUT2D eigenvalue weighted by Gasteiger charge is 2.35. The number of benzene rings is 3. The third-order valence-corrected chi connectivity index (χ3v) is 8.88. The predicted octanol–water partition coefficient (Wildman–Crippen LogP) is 4.70. The van der Waals surface area contributed by atoms with E-state index in [4.69, 9.17) is 5.11 Å². The number of carbonyl (C=O) groups is 2. The van der Waals surface area contributed by atoms with Crippen LogP contribution < -0.4 is 0 Å². The van der Waals surface area contributed by atoms with Crippen molar-refractivity contribution >= 4 is 11.9 Å². The Labute approximate surface area is 255 Å². The third kappa shape index (κ3) is 7.82. The molecule has 5 rings (SSSR count).